The molecule has 2 aliphatic heterocycles. The van der Waals surface area contributed by atoms with Crippen molar-refractivity contribution in [3.8, 4) is 17.3 Å². The quantitative estimate of drug-likeness (QED) is 0.305. The number of anilines is 3. The van der Waals surface area contributed by atoms with Crippen molar-refractivity contribution in [2.24, 2.45) is 5.41 Å². The number of amides is 1. The summed E-state index contributed by atoms with van der Waals surface area (Å²) in [7, 11) is 3.35. The molecule has 2 saturated heterocycles. The standard InChI is InChI=1S/C33H32F2N6O3S/c1-32(2,44-4)30(43)41-16-33(17-41)14-40(15-33)20-11-22-27(23(35)12-20)37-28-21(9-10-24(28)42)29(22)39(3)31-38-26(25(13-36)45-31)18-5-7-19(34)8-6-18/h5-8,11-12,24,42H,9-10,14-17H2,1-4H3/t24-/m0/s1. The molecule has 0 bridgehead atoms. The second kappa shape index (κ2) is 10.4. The molecule has 0 unspecified atom stereocenters. The summed E-state index contributed by atoms with van der Waals surface area (Å²) in [5.74, 6) is -0.910. The van der Waals surface area contributed by atoms with Crippen LogP contribution in [0.25, 0.3) is 22.2 Å². The van der Waals surface area contributed by atoms with Gasteiger partial charge in [-0.3, -0.25) is 4.79 Å². The summed E-state index contributed by atoms with van der Waals surface area (Å²) in [5.41, 5.74) is 2.99. The number of carbonyl (C=O) groups is 1. The summed E-state index contributed by atoms with van der Waals surface area (Å²) in [6, 6.07) is 11.5. The number of aromatic nitrogens is 2. The Bertz CT molecular complexity index is 1890. The number of aliphatic hydroxyl groups excluding tert-OH is 1. The second-order valence-electron chi connectivity index (χ2n) is 12.8. The first-order valence-electron chi connectivity index (χ1n) is 14.8. The van der Waals surface area contributed by atoms with Gasteiger partial charge in [0.25, 0.3) is 5.91 Å². The van der Waals surface area contributed by atoms with Gasteiger partial charge >= 0.3 is 0 Å². The van der Waals surface area contributed by atoms with Gasteiger partial charge in [-0.05, 0) is 63.1 Å². The highest BCUT2D eigenvalue weighted by atomic mass is 32.1. The Kier molecular flexibility index (Phi) is 6.85. The van der Waals surface area contributed by atoms with E-state index in [4.69, 9.17) is 9.72 Å². The van der Waals surface area contributed by atoms with Crippen molar-refractivity contribution in [3.63, 3.8) is 0 Å². The van der Waals surface area contributed by atoms with E-state index in [1.54, 1.807) is 26.0 Å². The van der Waals surface area contributed by atoms with Crippen molar-refractivity contribution >= 4 is 44.7 Å². The van der Waals surface area contributed by atoms with Crippen LogP contribution in [0.4, 0.5) is 25.3 Å². The fraction of sp³-hybridized carbons (Fsp3) is 0.394. The molecule has 12 heteroatoms. The summed E-state index contributed by atoms with van der Waals surface area (Å²) in [5, 5.41) is 21.7. The number of hydrogen-bond donors (Lipinski definition) is 1. The Labute approximate surface area is 263 Å². The number of ether oxygens (including phenoxy) is 1. The number of nitrogens with zero attached hydrogens (tertiary/aromatic N) is 6. The predicted molar refractivity (Wildman–Crippen MR) is 168 cm³/mol. The van der Waals surface area contributed by atoms with Crippen LogP contribution < -0.4 is 9.80 Å². The summed E-state index contributed by atoms with van der Waals surface area (Å²) in [6.07, 6.45) is 0.222. The Morgan fingerprint density at radius 3 is 2.56 bits per heavy atom. The minimum Gasteiger partial charge on any atom is -0.387 e. The molecule has 0 saturated carbocycles. The highest BCUT2D eigenvalue weighted by Gasteiger charge is 2.55. The van der Waals surface area contributed by atoms with E-state index in [2.05, 4.69) is 16.0 Å². The molecule has 1 atom stereocenters. The van der Waals surface area contributed by atoms with E-state index < -0.39 is 17.5 Å². The van der Waals surface area contributed by atoms with Crippen molar-refractivity contribution in [2.75, 3.05) is 50.1 Å². The number of rotatable bonds is 6. The molecule has 45 heavy (non-hydrogen) atoms. The number of thiazole rings is 1. The number of aliphatic hydroxyl groups is 1. The van der Waals surface area contributed by atoms with Crippen molar-refractivity contribution in [1.82, 2.24) is 14.9 Å². The van der Waals surface area contributed by atoms with Crippen LogP contribution in [0.5, 0.6) is 0 Å². The molecule has 2 aromatic heterocycles. The minimum absolute atomic E-state index is 0.0316. The van der Waals surface area contributed by atoms with E-state index in [1.807, 2.05) is 22.9 Å². The van der Waals surface area contributed by atoms with Crippen molar-refractivity contribution < 1.29 is 23.4 Å². The van der Waals surface area contributed by atoms with Gasteiger partial charge in [-0.1, -0.05) is 11.3 Å². The van der Waals surface area contributed by atoms with Gasteiger partial charge in [-0.15, -0.1) is 0 Å². The molecular formula is C33H32F2N6O3S. The van der Waals surface area contributed by atoms with E-state index >= 15 is 4.39 Å². The molecule has 4 heterocycles. The van der Waals surface area contributed by atoms with Crippen molar-refractivity contribution in [1.29, 1.82) is 5.26 Å². The molecule has 1 aliphatic carbocycles. The van der Waals surface area contributed by atoms with Gasteiger partial charge in [0.05, 0.1) is 17.5 Å². The molecule has 2 fully saturated rings. The Balaban J connectivity index is 1.24. The molecule has 1 amide bonds. The number of halogens is 2. The zero-order valence-corrected chi connectivity index (χ0v) is 26.2. The highest BCUT2D eigenvalue weighted by molar-refractivity contribution is 7.16. The number of carbonyl (C=O) groups excluding carboxylic acids is 1. The number of benzene rings is 2. The molecule has 2 aromatic carbocycles. The Hall–Kier alpha value is -4.18. The first-order valence-corrected chi connectivity index (χ1v) is 15.6. The maximum absolute atomic E-state index is 15.9. The topological polar surface area (TPSA) is 106 Å². The summed E-state index contributed by atoms with van der Waals surface area (Å²) >= 11 is 1.19. The highest BCUT2D eigenvalue weighted by Crippen LogP contribution is 2.48. The molecule has 1 spiro atoms. The molecular weight excluding hydrogens is 598 g/mol. The molecule has 1 N–H and O–H groups in total. The average Bonchev–Trinajstić information content (AvgIpc) is 3.58. The van der Waals surface area contributed by atoms with Gasteiger partial charge in [0, 0.05) is 68.0 Å². The third kappa shape index (κ3) is 4.72. The molecule has 0 radical (unpaired) electrons. The third-order valence-corrected chi connectivity index (χ3v) is 10.4. The van der Waals surface area contributed by atoms with Crippen LogP contribution in [-0.2, 0) is 16.0 Å². The van der Waals surface area contributed by atoms with Crippen LogP contribution in [0.1, 0.15) is 42.5 Å². The summed E-state index contributed by atoms with van der Waals surface area (Å²) in [6.45, 7) is 6.18. The summed E-state index contributed by atoms with van der Waals surface area (Å²) in [4.78, 5) is 28.3. The van der Waals surface area contributed by atoms with Crippen LogP contribution in [0, 0.1) is 28.4 Å². The maximum Gasteiger partial charge on any atom is 0.254 e. The zero-order valence-electron chi connectivity index (χ0n) is 25.4. The normalized spacial score (nSPS) is 18.5. The van der Waals surface area contributed by atoms with E-state index in [-0.39, 0.29) is 22.7 Å². The van der Waals surface area contributed by atoms with Gasteiger partial charge in [-0.2, -0.15) is 5.26 Å². The van der Waals surface area contributed by atoms with Gasteiger partial charge in [0.15, 0.2) is 10.9 Å². The average molecular weight is 631 g/mol. The van der Waals surface area contributed by atoms with E-state index in [1.165, 1.54) is 36.6 Å². The first kappa shape index (κ1) is 29.5. The van der Waals surface area contributed by atoms with Crippen LogP contribution >= 0.6 is 11.3 Å². The van der Waals surface area contributed by atoms with Gasteiger partial charge in [0.1, 0.15) is 33.6 Å². The minimum atomic E-state index is -0.874. The number of methoxy groups -OCH3 is 1. The van der Waals surface area contributed by atoms with Crippen LogP contribution in [0.15, 0.2) is 36.4 Å². The molecule has 9 nitrogen and oxygen atoms in total. The Morgan fingerprint density at radius 1 is 1.18 bits per heavy atom. The number of fused-ring (bicyclic) bond motifs is 2. The number of nitriles is 1. The van der Waals surface area contributed by atoms with E-state index in [9.17, 15) is 19.6 Å². The zero-order chi connectivity index (χ0) is 31.8. The largest absolute Gasteiger partial charge is 0.387 e. The molecule has 4 aromatic rings. The van der Waals surface area contributed by atoms with Gasteiger partial charge in [-0.25, -0.2) is 18.7 Å². The maximum atomic E-state index is 15.9. The molecule has 3 aliphatic rings. The number of likely N-dealkylation sites (tertiary alicyclic amines) is 1. The smallest absolute Gasteiger partial charge is 0.254 e. The fourth-order valence-electron chi connectivity index (χ4n) is 6.80. The van der Waals surface area contributed by atoms with E-state index in [0.29, 0.717) is 82.7 Å². The lowest BCUT2D eigenvalue weighted by Gasteiger charge is -2.61. The van der Waals surface area contributed by atoms with E-state index in [0.717, 1.165) is 5.56 Å². The second-order valence-corrected chi connectivity index (χ2v) is 13.8. The lowest BCUT2D eigenvalue weighted by Crippen LogP contribution is -2.74. The van der Waals surface area contributed by atoms with Gasteiger partial charge in [0.2, 0.25) is 0 Å². The fourth-order valence-corrected chi connectivity index (χ4v) is 7.66. The lowest BCUT2D eigenvalue weighted by atomic mass is 9.72. The van der Waals surface area contributed by atoms with Crippen LogP contribution in [-0.4, -0.2) is 71.8 Å². The SMILES string of the molecule is COC(C)(C)C(=O)N1CC2(C1)CN(c1cc(F)c3nc4c(c(N(C)c5nc(-c6ccc(F)cc6)c(C#N)s5)c3c1)CC[C@@H]4O)C2. The summed E-state index contributed by atoms with van der Waals surface area (Å²) < 4.78 is 34.8. The van der Waals surface area contributed by atoms with Crippen molar-refractivity contribution in [3.05, 3.63) is 64.2 Å². The lowest BCUT2D eigenvalue weighted by molar-refractivity contribution is -0.165. The third-order valence-electron chi connectivity index (χ3n) is 9.35. The first-order chi connectivity index (χ1) is 21.4. The van der Waals surface area contributed by atoms with Crippen LogP contribution in [0.3, 0.4) is 0 Å². The van der Waals surface area contributed by atoms with Crippen LogP contribution in [0.2, 0.25) is 0 Å². The number of hydrogen-bond acceptors (Lipinski definition) is 9. The van der Waals surface area contributed by atoms with Crippen molar-refractivity contribution in [2.45, 2.75) is 38.4 Å². The number of pyridine rings is 1. The Morgan fingerprint density at radius 2 is 1.89 bits per heavy atom. The molecule has 7 rings (SSSR count). The van der Waals surface area contributed by atoms with Gasteiger partial charge < -0.3 is 24.5 Å². The monoisotopic (exact) mass is 630 g/mol. The molecule has 232 valence electrons. The predicted octanol–water partition coefficient (Wildman–Crippen LogP) is 5.33.